The van der Waals surface area contributed by atoms with E-state index in [9.17, 15) is 4.79 Å². The number of nitrogens with one attached hydrogen (secondary N) is 1. The highest BCUT2D eigenvalue weighted by atomic mass is 16.7. The molecule has 1 aliphatic rings. The molecule has 1 aromatic carbocycles. The van der Waals surface area contributed by atoms with E-state index in [0.717, 1.165) is 0 Å². The largest absolute Gasteiger partial charge is 0.454 e. The van der Waals surface area contributed by atoms with Gasteiger partial charge in [0.25, 0.3) is 5.91 Å². The van der Waals surface area contributed by atoms with Gasteiger partial charge in [-0.3, -0.25) is 9.63 Å². The van der Waals surface area contributed by atoms with Gasteiger partial charge in [-0.1, -0.05) is 0 Å². The Morgan fingerprint density at radius 1 is 1.47 bits per heavy atom. The SMILES string of the molecule is CCONC(=O)c1ccc2c(c1)OCO2. The molecule has 0 saturated carbocycles. The summed E-state index contributed by atoms with van der Waals surface area (Å²) in [6.07, 6.45) is 0. The van der Waals surface area contributed by atoms with Crippen LogP contribution in [0.5, 0.6) is 11.5 Å². The van der Waals surface area contributed by atoms with Crippen molar-refractivity contribution in [3.05, 3.63) is 23.8 Å². The van der Waals surface area contributed by atoms with Crippen LogP contribution in [0.2, 0.25) is 0 Å². The van der Waals surface area contributed by atoms with Crippen LogP contribution in [0, 0.1) is 0 Å². The third kappa shape index (κ3) is 2.02. The Labute approximate surface area is 86.9 Å². The summed E-state index contributed by atoms with van der Waals surface area (Å²) in [7, 11) is 0. The van der Waals surface area contributed by atoms with E-state index in [4.69, 9.17) is 14.3 Å². The van der Waals surface area contributed by atoms with Crippen LogP contribution in [0.4, 0.5) is 0 Å². The fourth-order valence-corrected chi connectivity index (χ4v) is 1.23. The van der Waals surface area contributed by atoms with Gasteiger partial charge in [0.2, 0.25) is 6.79 Å². The van der Waals surface area contributed by atoms with Crippen LogP contribution in [0.1, 0.15) is 17.3 Å². The van der Waals surface area contributed by atoms with Gasteiger partial charge in [0, 0.05) is 5.56 Å². The van der Waals surface area contributed by atoms with Gasteiger partial charge in [-0.2, -0.15) is 0 Å². The third-order valence-electron chi connectivity index (χ3n) is 1.94. The summed E-state index contributed by atoms with van der Waals surface area (Å²) in [5, 5.41) is 0. The van der Waals surface area contributed by atoms with Crippen LogP contribution in [-0.4, -0.2) is 19.3 Å². The molecule has 1 aliphatic heterocycles. The van der Waals surface area contributed by atoms with E-state index in [-0.39, 0.29) is 12.7 Å². The van der Waals surface area contributed by atoms with E-state index in [2.05, 4.69) is 5.48 Å². The minimum absolute atomic E-state index is 0.200. The Kier molecular flexibility index (Phi) is 2.73. The molecule has 2 rings (SSSR count). The zero-order valence-corrected chi connectivity index (χ0v) is 8.28. The van der Waals surface area contributed by atoms with Crippen molar-refractivity contribution in [2.24, 2.45) is 0 Å². The van der Waals surface area contributed by atoms with Crippen molar-refractivity contribution in [1.29, 1.82) is 0 Å². The summed E-state index contributed by atoms with van der Waals surface area (Å²) >= 11 is 0. The molecule has 15 heavy (non-hydrogen) atoms. The predicted octanol–water partition coefficient (Wildman–Crippen LogP) is 1.10. The van der Waals surface area contributed by atoms with Crippen molar-refractivity contribution < 1.29 is 19.1 Å². The maximum absolute atomic E-state index is 11.5. The van der Waals surface area contributed by atoms with Crippen LogP contribution in [0.25, 0.3) is 0 Å². The van der Waals surface area contributed by atoms with Crippen LogP contribution < -0.4 is 15.0 Å². The third-order valence-corrected chi connectivity index (χ3v) is 1.94. The van der Waals surface area contributed by atoms with Gasteiger partial charge < -0.3 is 9.47 Å². The quantitative estimate of drug-likeness (QED) is 0.757. The fourth-order valence-electron chi connectivity index (χ4n) is 1.23. The number of hydrogen-bond donors (Lipinski definition) is 1. The van der Waals surface area contributed by atoms with E-state index < -0.39 is 0 Å². The Morgan fingerprint density at radius 2 is 2.27 bits per heavy atom. The molecule has 0 aliphatic carbocycles. The molecular formula is C10H11NO4. The van der Waals surface area contributed by atoms with E-state index in [1.165, 1.54) is 0 Å². The first-order valence-electron chi connectivity index (χ1n) is 4.63. The topological polar surface area (TPSA) is 56.8 Å². The van der Waals surface area contributed by atoms with Gasteiger partial charge in [0.15, 0.2) is 11.5 Å². The molecule has 5 nitrogen and oxygen atoms in total. The van der Waals surface area contributed by atoms with Crippen molar-refractivity contribution in [2.45, 2.75) is 6.92 Å². The molecule has 1 N–H and O–H groups in total. The number of amides is 1. The molecule has 0 saturated heterocycles. The van der Waals surface area contributed by atoms with Crippen molar-refractivity contribution >= 4 is 5.91 Å². The zero-order valence-electron chi connectivity index (χ0n) is 8.28. The van der Waals surface area contributed by atoms with Gasteiger partial charge in [-0.25, -0.2) is 5.48 Å². The second-order valence-electron chi connectivity index (χ2n) is 2.93. The van der Waals surface area contributed by atoms with Crippen molar-refractivity contribution in [3.63, 3.8) is 0 Å². The highest BCUT2D eigenvalue weighted by molar-refractivity contribution is 5.94. The lowest BCUT2D eigenvalue weighted by Crippen LogP contribution is -2.23. The number of ether oxygens (including phenoxy) is 2. The minimum Gasteiger partial charge on any atom is -0.454 e. The van der Waals surface area contributed by atoms with E-state index in [1.807, 2.05) is 0 Å². The molecular weight excluding hydrogens is 198 g/mol. The van der Waals surface area contributed by atoms with E-state index >= 15 is 0 Å². The maximum Gasteiger partial charge on any atom is 0.274 e. The van der Waals surface area contributed by atoms with Crippen LogP contribution in [0.3, 0.4) is 0 Å². The lowest BCUT2D eigenvalue weighted by Gasteiger charge is -2.04. The monoisotopic (exact) mass is 209 g/mol. The molecule has 5 heteroatoms. The lowest BCUT2D eigenvalue weighted by atomic mass is 10.2. The van der Waals surface area contributed by atoms with Gasteiger partial charge in [-0.05, 0) is 25.1 Å². The van der Waals surface area contributed by atoms with Gasteiger partial charge in [0.1, 0.15) is 0 Å². The zero-order chi connectivity index (χ0) is 10.7. The Morgan fingerprint density at radius 3 is 3.07 bits per heavy atom. The maximum atomic E-state index is 11.5. The average molecular weight is 209 g/mol. The van der Waals surface area contributed by atoms with Crippen molar-refractivity contribution in [1.82, 2.24) is 5.48 Å². The number of hydrogen-bond acceptors (Lipinski definition) is 4. The Balaban J connectivity index is 2.12. The number of carbonyl (C=O) groups excluding carboxylic acids is 1. The van der Waals surface area contributed by atoms with Crippen molar-refractivity contribution in [2.75, 3.05) is 13.4 Å². The normalized spacial score (nSPS) is 12.6. The molecule has 1 aromatic rings. The predicted molar refractivity (Wildman–Crippen MR) is 51.7 cm³/mol. The average Bonchev–Trinajstić information content (AvgIpc) is 2.72. The number of benzene rings is 1. The summed E-state index contributed by atoms with van der Waals surface area (Å²) < 4.78 is 10.3. The fraction of sp³-hybridized carbons (Fsp3) is 0.300. The summed E-state index contributed by atoms with van der Waals surface area (Å²) in [6.45, 7) is 2.42. The van der Waals surface area contributed by atoms with E-state index in [1.54, 1.807) is 25.1 Å². The summed E-state index contributed by atoms with van der Waals surface area (Å²) in [5.74, 6) is 0.942. The summed E-state index contributed by atoms with van der Waals surface area (Å²) in [6, 6.07) is 4.97. The molecule has 1 amide bonds. The second kappa shape index (κ2) is 4.18. The molecule has 0 aromatic heterocycles. The van der Waals surface area contributed by atoms with Gasteiger partial charge in [-0.15, -0.1) is 0 Å². The number of carbonyl (C=O) groups is 1. The molecule has 80 valence electrons. The highest BCUT2D eigenvalue weighted by Gasteiger charge is 2.15. The molecule has 0 fully saturated rings. The van der Waals surface area contributed by atoms with Crippen LogP contribution in [-0.2, 0) is 4.84 Å². The molecule has 0 atom stereocenters. The number of rotatable bonds is 3. The molecule has 1 heterocycles. The molecule has 0 spiro atoms. The van der Waals surface area contributed by atoms with Gasteiger partial charge in [0.05, 0.1) is 6.61 Å². The van der Waals surface area contributed by atoms with Crippen LogP contribution in [0.15, 0.2) is 18.2 Å². The minimum atomic E-state index is -0.296. The molecule has 0 unspecified atom stereocenters. The highest BCUT2D eigenvalue weighted by Crippen LogP contribution is 2.32. The van der Waals surface area contributed by atoms with Crippen LogP contribution >= 0.6 is 0 Å². The summed E-state index contributed by atoms with van der Waals surface area (Å²) in [5.41, 5.74) is 2.78. The summed E-state index contributed by atoms with van der Waals surface area (Å²) in [4.78, 5) is 16.3. The Bertz CT molecular complexity index is 378. The molecule has 0 bridgehead atoms. The van der Waals surface area contributed by atoms with Gasteiger partial charge >= 0.3 is 0 Å². The number of hydroxylamine groups is 1. The van der Waals surface area contributed by atoms with E-state index in [0.29, 0.717) is 23.7 Å². The lowest BCUT2D eigenvalue weighted by molar-refractivity contribution is 0.0364. The first-order chi connectivity index (χ1) is 7.31. The second-order valence-corrected chi connectivity index (χ2v) is 2.93. The Hall–Kier alpha value is -1.75. The first kappa shape index (κ1) is 9.79. The smallest absolute Gasteiger partial charge is 0.274 e. The molecule has 0 radical (unpaired) electrons. The first-order valence-corrected chi connectivity index (χ1v) is 4.63. The van der Waals surface area contributed by atoms with Crippen molar-refractivity contribution in [3.8, 4) is 11.5 Å². The number of fused-ring (bicyclic) bond motifs is 1. The standard InChI is InChI=1S/C10H11NO4/c1-2-15-11-10(12)7-3-4-8-9(5-7)14-6-13-8/h3-5H,2,6H2,1H3,(H,11,12).